The molecule has 1 amide bonds. The number of likely N-dealkylation sites (tertiary alicyclic amines) is 2. The maximum atomic E-state index is 12.5. The summed E-state index contributed by atoms with van der Waals surface area (Å²) in [5, 5.41) is 0. The molecule has 3 fully saturated rings. The van der Waals surface area contributed by atoms with Crippen LogP contribution in [0, 0.1) is 0 Å². The number of hydrogen-bond acceptors (Lipinski definition) is 4. The molecular weight excluding hydrogens is 320 g/mol. The van der Waals surface area contributed by atoms with Crippen molar-refractivity contribution in [2.75, 3.05) is 37.7 Å². The summed E-state index contributed by atoms with van der Waals surface area (Å²) in [4.78, 5) is 17.0. The van der Waals surface area contributed by atoms with Gasteiger partial charge in [-0.15, -0.1) is 0 Å². The van der Waals surface area contributed by atoms with Crippen LogP contribution in [0.15, 0.2) is 24.3 Å². The average Bonchev–Trinajstić information content (AvgIpc) is 3.13. The molecule has 4 nitrogen and oxygen atoms in total. The molecule has 3 aliphatic heterocycles. The number of hydrogen-bond donors (Lipinski definition) is 0. The first-order valence-corrected chi connectivity index (χ1v) is 10.3. The van der Waals surface area contributed by atoms with Gasteiger partial charge in [-0.2, -0.15) is 11.8 Å². The highest BCUT2D eigenvalue weighted by atomic mass is 32.2. The molecule has 0 N–H and O–H groups in total. The van der Waals surface area contributed by atoms with Crippen molar-refractivity contribution in [1.29, 1.82) is 0 Å². The maximum absolute atomic E-state index is 12.5. The van der Waals surface area contributed by atoms with Crippen molar-refractivity contribution < 1.29 is 9.53 Å². The topological polar surface area (TPSA) is 32.8 Å². The van der Waals surface area contributed by atoms with Crippen molar-refractivity contribution in [3.05, 3.63) is 29.8 Å². The van der Waals surface area contributed by atoms with Crippen molar-refractivity contribution in [2.45, 2.75) is 37.8 Å². The zero-order valence-corrected chi connectivity index (χ0v) is 15.0. The van der Waals surface area contributed by atoms with Gasteiger partial charge in [0, 0.05) is 37.8 Å². The number of thioether (sulfide) groups is 1. The van der Waals surface area contributed by atoms with E-state index in [-0.39, 0.29) is 12.0 Å². The van der Waals surface area contributed by atoms with Crippen molar-refractivity contribution in [1.82, 2.24) is 9.80 Å². The molecule has 0 atom stereocenters. The van der Waals surface area contributed by atoms with Crippen LogP contribution in [0.2, 0.25) is 0 Å². The van der Waals surface area contributed by atoms with E-state index in [0.717, 1.165) is 56.4 Å². The highest BCUT2D eigenvalue weighted by Gasteiger charge is 2.34. The lowest BCUT2D eigenvalue weighted by Crippen LogP contribution is -2.58. The number of carbonyl (C=O) groups is 1. The van der Waals surface area contributed by atoms with E-state index < -0.39 is 0 Å². The summed E-state index contributed by atoms with van der Waals surface area (Å²) in [5.41, 5.74) is 0.759. The fourth-order valence-corrected chi connectivity index (χ4v) is 4.97. The Labute approximate surface area is 148 Å². The van der Waals surface area contributed by atoms with Gasteiger partial charge in [0.2, 0.25) is 0 Å². The molecular formula is C19H26N2O2S. The Morgan fingerprint density at radius 1 is 1.12 bits per heavy atom. The van der Waals surface area contributed by atoms with Crippen LogP contribution in [0.25, 0.3) is 0 Å². The molecule has 0 unspecified atom stereocenters. The molecule has 0 radical (unpaired) electrons. The summed E-state index contributed by atoms with van der Waals surface area (Å²) in [6.07, 6.45) is 5.16. The van der Waals surface area contributed by atoms with E-state index in [1.165, 1.54) is 24.3 Å². The molecule has 3 heterocycles. The van der Waals surface area contributed by atoms with E-state index in [2.05, 4.69) is 16.7 Å². The minimum Gasteiger partial charge on any atom is -0.488 e. The van der Waals surface area contributed by atoms with E-state index in [4.69, 9.17) is 4.74 Å². The van der Waals surface area contributed by atoms with Gasteiger partial charge in [-0.25, -0.2) is 0 Å². The van der Waals surface area contributed by atoms with Crippen molar-refractivity contribution >= 4 is 17.7 Å². The van der Waals surface area contributed by atoms with Crippen LogP contribution in [0.4, 0.5) is 0 Å². The van der Waals surface area contributed by atoms with Gasteiger partial charge in [0.25, 0.3) is 5.91 Å². The molecule has 24 heavy (non-hydrogen) atoms. The van der Waals surface area contributed by atoms with Gasteiger partial charge in [-0.1, -0.05) is 6.07 Å². The first-order valence-electron chi connectivity index (χ1n) is 9.17. The van der Waals surface area contributed by atoms with E-state index in [1.807, 2.05) is 29.2 Å². The minimum atomic E-state index is 0.146. The molecule has 3 saturated heterocycles. The zero-order valence-electron chi connectivity index (χ0n) is 14.2. The lowest BCUT2D eigenvalue weighted by Gasteiger charge is -2.45. The third-order valence-electron chi connectivity index (χ3n) is 5.36. The van der Waals surface area contributed by atoms with Crippen LogP contribution in [0.1, 0.15) is 36.0 Å². The van der Waals surface area contributed by atoms with Gasteiger partial charge >= 0.3 is 0 Å². The molecule has 0 spiro atoms. The molecule has 3 aliphatic rings. The lowest BCUT2D eigenvalue weighted by molar-refractivity contribution is -0.0113. The Bertz CT molecular complexity index is 576. The molecule has 5 heteroatoms. The van der Waals surface area contributed by atoms with Gasteiger partial charge in [0.15, 0.2) is 0 Å². The average molecular weight is 346 g/mol. The van der Waals surface area contributed by atoms with Crippen LogP contribution in [0.5, 0.6) is 5.75 Å². The summed E-state index contributed by atoms with van der Waals surface area (Å²) >= 11 is 2.07. The Kier molecular flexibility index (Phi) is 4.99. The number of rotatable bonds is 4. The zero-order chi connectivity index (χ0) is 16.4. The highest BCUT2D eigenvalue weighted by Crippen LogP contribution is 2.27. The second kappa shape index (κ2) is 7.36. The Balaban J connectivity index is 1.31. The van der Waals surface area contributed by atoms with Gasteiger partial charge in [-0.05, 0) is 55.4 Å². The largest absolute Gasteiger partial charge is 0.488 e. The third kappa shape index (κ3) is 3.57. The van der Waals surface area contributed by atoms with Gasteiger partial charge in [0.1, 0.15) is 11.9 Å². The predicted molar refractivity (Wildman–Crippen MR) is 97.9 cm³/mol. The minimum absolute atomic E-state index is 0.146. The highest BCUT2D eigenvalue weighted by molar-refractivity contribution is 7.99. The fraction of sp³-hybridized carbons (Fsp3) is 0.632. The molecule has 0 bridgehead atoms. The summed E-state index contributed by atoms with van der Waals surface area (Å²) in [6, 6.07) is 8.49. The third-order valence-corrected chi connectivity index (χ3v) is 6.41. The SMILES string of the molecule is O=C(c1cccc(OC2CN(C3CCSCC3)C2)c1)N1CCCC1. The van der Waals surface area contributed by atoms with Crippen molar-refractivity contribution in [2.24, 2.45) is 0 Å². The van der Waals surface area contributed by atoms with E-state index in [0.29, 0.717) is 0 Å². The molecule has 0 aromatic heterocycles. The van der Waals surface area contributed by atoms with Crippen LogP contribution in [-0.4, -0.2) is 65.5 Å². The van der Waals surface area contributed by atoms with Crippen LogP contribution < -0.4 is 4.74 Å². The van der Waals surface area contributed by atoms with E-state index >= 15 is 0 Å². The lowest BCUT2D eigenvalue weighted by atomic mass is 10.0. The van der Waals surface area contributed by atoms with E-state index in [1.54, 1.807) is 0 Å². The van der Waals surface area contributed by atoms with Crippen LogP contribution >= 0.6 is 11.8 Å². The number of nitrogens with zero attached hydrogens (tertiary/aromatic N) is 2. The molecule has 0 saturated carbocycles. The normalized spacial score (nSPS) is 23.2. The Hall–Kier alpha value is -1.20. The van der Waals surface area contributed by atoms with Crippen LogP contribution in [0.3, 0.4) is 0 Å². The Morgan fingerprint density at radius 2 is 1.88 bits per heavy atom. The molecule has 1 aromatic rings. The predicted octanol–water partition coefficient (Wildman–Crippen LogP) is 2.88. The first-order chi connectivity index (χ1) is 11.8. The fourth-order valence-electron chi connectivity index (χ4n) is 3.89. The van der Waals surface area contributed by atoms with Gasteiger partial charge in [0.05, 0.1) is 0 Å². The number of amides is 1. The van der Waals surface area contributed by atoms with Gasteiger partial charge < -0.3 is 9.64 Å². The second-order valence-electron chi connectivity index (χ2n) is 7.06. The molecule has 4 rings (SSSR count). The Morgan fingerprint density at radius 3 is 2.62 bits per heavy atom. The number of benzene rings is 1. The molecule has 0 aliphatic carbocycles. The maximum Gasteiger partial charge on any atom is 0.253 e. The summed E-state index contributed by atoms with van der Waals surface area (Å²) in [5.74, 6) is 3.58. The molecule has 130 valence electrons. The van der Waals surface area contributed by atoms with Crippen LogP contribution in [-0.2, 0) is 0 Å². The first kappa shape index (κ1) is 16.3. The number of carbonyl (C=O) groups excluding carboxylic acids is 1. The quantitative estimate of drug-likeness (QED) is 0.839. The summed E-state index contributed by atoms with van der Waals surface area (Å²) in [6.45, 7) is 3.83. The smallest absolute Gasteiger partial charge is 0.253 e. The van der Waals surface area contributed by atoms with Crippen molar-refractivity contribution in [3.8, 4) is 5.75 Å². The second-order valence-corrected chi connectivity index (χ2v) is 8.29. The standard InChI is InChI=1S/C19H26N2O2S/c22-19(20-8-1-2-9-20)15-4-3-5-17(12-15)23-18-13-21(14-18)16-6-10-24-11-7-16/h3-5,12,16,18H,1-2,6-11,13-14H2. The summed E-state index contributed by atoms with van der Waals surface area (Å²) < 4.78 is 6.11. The number of ether oxygens (including phenoxy) is 1. The van der Waals surface area contributed by atoms with Gasteiger partial charge in [-0.3, -0.25) is 9.69 Å². The molecule has 1 aromatic carbocycles. The summed E-state index contributed by atoms with van der Waals surface area (Å²) in [7, 11) is 0. The monoisotopic (exact) mass is 346 g/mol. The van der Waals surface area contributed by atoms with Crippen molar-refractivity contribution in [3.63, 3.8) is 0 Å². The van der Waals surface area contributed by atoms with E-state index in [9.17, 15) is 4.79 Å².